The zero-order chi connectivity index (χ0) is 15.1. The number of hydrogen-bond acceptors (Lipinski definition) is 4. The number of amides is 1. The van der Waals surface area contributed by atoms with Gasteiger partial charge < -0.3 is 15.2 Å². The molecule has 1 aromatic carbocycles. The number of rotatable bonds is 6. The Bertz CT molecular complexity index is 493. The lowest BCUT2D eigenvalue weighted by Gasteiger charge is -2.10. The van der Waals surface area contributed by atoms with Crippen LogP contribution in [0.5, 0.6) is 0 Å². The van der Waals surface area contributed by atoms with Crippen molar-refractivity contribution in [2.24, 2.45) is 0 Å². The standard InChI is InChI=1S/C13H15Cl2NO4/c1-20-13(19)11(17)7-16-12(18)5-3-8-2-4-9(14)6-10(8)15/h2,4,6,11,17H,3,5,7H2,1H3,(H,16,18). The number of carbonyl (C=O) groups excluding carboxylic acids is 2. The predicted octanol–water partition coefficient (Wildman–Crippen LogP) is 1.58. The Labute approximate surface area is 126 Å². The minimum Gasteiger partial charge on any atom is -0.467 e. The van der Waals surface area contributed by atoms with Crippen LogP contribution >= 0.6 is 23.2 Å². The number of carbonyl (C=O) groups is 2. The zero-order valence-electron chi connectivity index (χ0n) is 10.9. The Hall–Kier alpha value is -1.30. The fourth-order valence-corrected chi connectivity index (χ4v) is 1.99. The minimum absolute atomic E-state index is 0.181. The first-order chi connectivity index (χ1) is 9.43. The number of halogens is 2. The van der Waals surface area contributed by atoms with Gasteiger partial charge in [0.15, 0.2) is 6.10 Å². The number of ether oxygens (including phenoxy) is 1. The van der Waals surface area contributed by atoms with E-state index in [4.69, 9.17) is 23.2 Å². The fraction of sp³-hybridized carbons (Fsp3) is 0.385. The van der Waals surface area contributed by atoms with Crippen LogP contribution in [-0.2, 0) is 20.7 Å². The molecule has 0 fully saturated rings. The number of aliphatic hydroxyl groups excluding tert-OH is 1. The Morgan fingerprint density at radius 3 is 2.70 bits per heavy atom. The van der Waals surface area contributed by atoms with Gasteiger partial charge in [0.1, 0.15) is 0 Å². The molecule has 0 heterocycles. The summed E-state index contributed by atoms with van der Waals surface area (Å²) in [7, 11) is 1.16. The summed E-state index contributed by atoms with van der Waals surface area (Å²) in [6, 6.07) is 5.06. The topological polar surface area (TPSA) is 75.6 Å². The lowest BCUT2D eigenvalue weighted by Crippen LogP contribution is -2.37. The van der Waals surface area contributed by atoms with Crippen LogP contribution in [0.4, 0.5) is 0 Å². The highest BCUT2D eigenvalue weighted by molar-refractivity contribution is 6.35. The Morgan fingerprint density at radius 1 is 1.40 bits per heavy atom. The molecule has 0 radical (unpaired) electrons. The molecule has 20 heavy (non-hydrogen) atoms. The minimum atomic E-state index is -1.36. The maximum absolute atomic E-state index is 11.6. The lowest BCUT2D eigenvalue weighted by molar-refractivity contribution is -0.150. The molecule has 1 aromatic rings. The van der Waals surface area contributed by atoms with Crippen LogP contribution in [-0.4, -0.2) is 36.7 Å². The van der Waals surface area contributed by atoms with Crippen molar-refractivity contribution in [3.8, 4) is 0 Å². The molecule has 0 bridgehead atoms. The number of aryl methyl sites for hydroxylation is 1. The van der Waals surface area contributed by atoms with Gasteiger partial charge in [-0.15, -0.1) is 0 Å². The van der Waals surface area contributed by atoms with E-state index < -0.39 is 12.1 Å². The zero-order valence-corrected chi connectivity index (χ0v) is 12.4. The summed E-state index contributed by atoms with van der Waals surface area (Å²) in [6.07, 6.45) is -0.728. The van der Waals surface area contributed by atoms with Crippen molar-refractivity contribution in [3.63, 3.8) is 0 Å². The van der Waals surface area contributed by atoms with Crippen LogP contribution in [0.1, 0.15) is 12.0 Å². The van der Waals surface area contributed by atoms with E-state index in [1.165, 1.54) is 0 Å². The SMILES string of the molecule is COC(=O)C(O)CNC(=O)CCc1ccc(Cl)cc1Cl. The number of methoxy groups -OCH3 is 1. The van der Waals surface area contributed by atoms with Crippen LogP contribution in [0, 0.1) is 0 Å². The quantitative estimate of drug-likeness (QED) is 0.780. The van der Waals surface area contributed by atoms with Crippen LogP contribution in [0.3, 0.4) is 0 Å². The summed E-state index contributed by atoms with van der Waals surface area (Å²) in [5.74, 6) is -1.08. The molecule has 0 aliphatic carbocycles. The maximum Gasteiger partial charge on any atom is 0.336 e. The third kappa shape index (κ3) is 5.36. The molecular weight excluding hydrogens is 305 g/mol. The first-order valence-corrected chi connectivity index (χ1v) is 6.66. The highest BCUT2D eigenvalue weighted by Gasteiger charge is 2.16. The van der Waals surface area contributed by atoms with Crippen LogP contribution in [0.2, 0.25) is 10.0 Å². The highest BCUT2D eigenvalue weighted by atomic mass is 35.5. The summed E-state index contributed by atoms with van der Waals surface area (Å²) >= 11 is 11.8. The highest BCUT2D eigenvalue weighted by Crippen LogP contribution is 2.21. The van der Waals surface area contributed by atoms with Crippen LogP contribution in [0.15, 0.2) is 18.2 Å². The third-order valence-corrected chi connectivity index (χ3v) is 3.19. The van der Waals surface area contributed by atoms with Gasteiger partial charge in [0.2, 0.25) is 5.91 Å². The van der Waals surface area contributed by atoms with E-state index in [2.05, 4.69) is 10.1 Å². The average Bonchev–Trinajstić information content (AvgIpc) is 2.42. The number of benzene rings is 1. The number of aliphatic hydroxyl groups is 1. The van der Waals surface area contributed by atoms with Crippen LogP contribution in [0.25, 0.3) is 0 Å². The van der Waals surface area contributed by atoms with Gasteiger partial charge in [0.05, 0.1) is 13.7 Å². The van der Waals surface area contributed by atoms with Gasteiger partial charge in [-0.1, -0.05) is 29.3 Å². The molecule has 110 valence electrons. The summed E-state index contributed by atoms with van der Waals surface area (Å²) in [5.41, 5.74) is 0.805. The van der Waals surface area contributed by atoms with Crippen molar-refractivity contribution in [1.29, 1.82) is 0 Å². The number of esters is 1. The molecule has 1 atom stereocenters. The molecule has 0 aliphatic heterocycles. The lowest BCUT2D eigenvalue weighted by atomic mass is 10.1. The van der Waals surface area contributed by atoms with Crippen molar-refractivity contribution < 1.29 is 19.4 Å². The van der Waals surface area contributed by atoms with Gasteiger partial charge in [0, 0.05) is 16.5 Å². The normalized spacial score (nSPS) is 11.8. The number of hydrogen-bond donors (Lipinski definition) is 2. The Morgan fingerprint density at radius 2 is 2.10 bits per heavy atom. The Balaban J connectivity index is 2.38. The molecule has 1 rings (SSSR count). The molecule has 0 spiro atoms. The van der Waals surface area contributed by atoms with Crippen molar-refractivity contribution in [1.82, 2.24) is 5.32 Å². The molecule has 0 saturated heterocycles. The molecule has 2 N–H and O–H groups in total. The number of nitrogens with one attached hydrogen (secondary N) is 1. The van der Waals surface area contributed by atoms with Crippen LogP contribution < -0.4 is 5.32 Å². The van der Waals surface area contributed by atoms with Crippen molar-refractivity contribution >= 4 is 35.1 Å². The largest absolute Gasteiger partial charge is 0.467 e. The second kappa shape index (κ2) is 8.09. The van der Waals surface area contributed by atoms with E-state index in [9.17, 15) is 14.7 Å². The predicted molar refractivity (Wildman–Crippen MR) is 75.8 cm³/mol. The maximum atomic E-state index is 11.6. The summed E-state index contributed by atoms with van der Waals surface area (Å²) < 4.78 is 4.33. The van der Waals surface area contributed by atoms with Crippen molar-refractivity contribution in [2.45, 2.75) is 18.9 Å². The molecule has 0 saturated carbocycles. The van der Waals surface area contributed by atoms with Crippen molar-refractivity contribution in [2.75, 3.05) is 13.7 Å². The smallest absolute Gasteiger partial charge is 0.336 e. The first-order valence-electron chi connectivity index (χ1n) is 5.90. The molecule has 1 unspecified atom stereocenters. The monoisotopic (exact) mass is 319 g/mol. The second-order valence-electron chi connectivity index (χ2n) is 4.08. The average molecular weight is 320 g/mol. The molecular formula is C13H15Cl2NO4. The van der Waals surface area contributed by atoms with Gasteiger partial charge >= 0.3 is 5.97 Å². The summed E-state index contributed by atoms with van der Waals surface area (Å²) in [5, 5.41) is 12.8. The van der Waals surface area contributed by atoms with Gasteiger partial charge in [-0.05, 0) is 24.1 Å². The molecule has 0 aliphatic rings. The van der Waals surface area contributed by atoms with E-state index >= 15 is 0 Å². The molecule has 7 heteroatoms. The van der Waals surface area contributed by atoms with E-state index in [0.29, 0.717) is 16.5 Å². The Kier molecular flexibility index (Phi) is 6.78. The molecule has 1 amide bonds. The van der Waals surface area contributed by atoms with Gasteiger partial charge in [-0.2, -0.15) is 0 Å². The van der Waals surface area contributed by atoms with E-state index in [-0.39, 0.29) is 18.9 Å². The molecule has 5 nitrogen and oxygen atoms in total. The van der Waals surface area contributed by atoms with Gasteiger partial charge in [-0.3, -0.25) is 4.79 Å². The molecule has 0 aromatic heterocycles. The van der Waals surface area contributed by atoms with E-state index in [1.54, 1.807) is 18.2 Å². The van der Waals surface area contributed by atoms with Gasteiger partial charge in [-0.25, -0.2) is 4.79 Å². The second-order valence-corrected chi connectivity index (χ2v) is 4.92. The van der Waals surface area contributed by atoms with E-state index in [1.807, 2.05) is 0 Å². The first kappa shape index (κ1) is 16.8. The van der Waals surface area contributed by atoms with Gasteiger partial charge in [0.25, 0.3) is 0 Å². The third-order valence-electron chi connectivity index (χ3n) is 2.60. The van der Waals surface area contributed by atoms with E-state index in [0.717, 1.165) is 12.7 Å². The fourth-order valence-electron chi connectivity index (χ4n) is 1.49. The van der Waals surface area contributed by atoms with Crippen molar-refractivity contribution in [3.05, 3.63) is 33.8 Å². The summed E-state index contributed by atoms with van der Waals surface area (Å²) in [6.45, 7) is -0.181. The summed E-state index contributed by atoms with van der Waals surface area (Å²) in [4.78, 5) is 22.5.